The van der Waals surface area contributed by atoms with E-state index in [0.29, 0.717) is 6.04 Å². The molecule has 0 aliphatic carbocycles. The molecule has 2 aromatic rings. The number of nitrogens with two attached hydrogens (primary N) is 1. The molecule has 1 aliphatic heterocycles. The van der Waals surface area contributed by atoms with Crippen LogP contribution in [0.4, 0.5) is 0 Å². The summed E-state index contributed by atoms with van der Waals surface area (Å²) < 4.78 is 5.44. The first-order valence-electron chi connectivity index (χ1n) is 6.82. The fraction of sp³-hybridized carbons (Fsp3) is 0.400. The van der Waals surface area contributed by atoms with Crippen LogP contribution in [-0.2, 0) is 6.54 Å². The number of hydrogen-bond donors (Lipinski definition) is 1. The van der Waals surface area contributed by atoms with Gasteiger partial charge in [0, 0.05) is 24.2 Å². The molecule has 0 radical (unpaired) electrons. The van der Waals surface area contributed by atoms with Gasteiger partial charge in [-0.25, -0.2) is 0 Å². The zero-order valence-electron chi connectivity index (χ0n) is 11.0. The lowest BCUT2D eigenvalue weighted by molar-refractivity contribution is 0.219. The molecule has 1 aliphatic rings. The molecule has 0 saturated carbocycles. The lowest BCUT2D eigenvalue weighted by atomic mass is 10.1. The molecule has 19 heavy (non-hydrogen) atoms. The fourth-order valence-electron chi connectivity index (χ4n) is 2.70. The van der Waals surface area contributed by atoms with E-state index in [4.69, 9.17) is 10.3 Å². The molecular formula is C15H19N3O. The Morgan fingerprint density at radius 2 is 2.16 bits per heavy atom. The summed E-state index contributed by atoms with van der Waals surface area (Å²) in [6, 6.07) is 12.6. The lowest BCUT2D eigenvalue weighted by Gasteiger charge is -2.21. The maximum atomic E-state index is 5.79. The molecule has 0 bridgehead atoms. The summed E-state index contributed by atoms with van der Waals surface area (Å²) in [5, 5.41) is 4.15. The molecule has 2 N–H and O–H groups in total. The largest absolute Gasteiger partial charge is 0.359 e. The van der Waals surface area contributed by atoms with E-state index in [-0.39, 0.29) is 0 Å². The Bertz CT molecular complexity index is 523. The van der Waals surface area contributed by atoms with E-state index in [1.54, 1.807) is 0 Å². The van der Waals surface area contributed by atoms with Gasteiger partial charge >= 0.3 is 0 Å². The van der Waals surface area contributed by atoms with E-state index in [1.165, 1.54) is 12.8 Å². The molecule has 1 aromatic carbocycles. The fourth-order valence-corrected chi connectivity index (χ4v) is 2.70. The van der Waals surface area contributed by atoms with Gasteiger partial charge in [0.1, 0.15) is 5.69 Å². The minimum absolute atomic E-state index is 0.491. The molecule has 1 fully saturated rings. The first-order valence-corrected chi connectivity index (χ1v) is 6.82. The van der Waals surface area contributed by atoms with Gasteiger partial charge in [0.25, 0.3) is 0 Å². The van der Waals surface area contributed by atoms with Crippen LogP contribution in [0, 0.1) is 0 Å². The molecule has 0 spiro atoms. The van der Waals surface area contributed by atoms with Crippen molar-refractivity contribution in [3.8, 4) is 11.3 Å². The summed E-state index contributed by atoms with van der Waals surface area (Å²) in [4.78, 5) is 2.38. The highest BCUT2D eigenvalue weighted by Gasteiger charge is 2.24. The zero-order chi connectivity index (χ0) is 13.1. The highest BCUT2D eigenvalue weighted by atomic mass is 16.5. The average molecular weight is 257 g/mol. The van der Waals surface area contributed by atoms with E-state index in [0.717, 1.165) is 36.7 Å². The third-order valence-corrected chi connectivity index (χ3v) is 3.76. The van der Waals surface area contributed by atoms with Crippen LogP contribution in [0.15, 0.2) is 40.9 Å². The minimum atomic E-state index is 0.491. The molecule has 100 valence electrons. The second kappa shape index (κ2) is 5.55. The molecule has 3 rings (SSSR count). The Kier molecular flexibility index (Phi) is 3.62. The molecule has 1 atom stereocenters. The van der Waals surface area contributed by atoms with E-state index in [9.17, 15) is 0 Å². The summed E-state index contributed by atoms with van der Waals surface area (Å²) in [6.07, 6.45) is 2.41. The van der Waals surface area contributed by atoms with Gasteiger partial charge in [0.15, 0.2) is 5.76 Å². The third kappa shape index (κ3) is 2.69. The van der Waals surface area contributed by atoms with Crippen LogP contribution in [0.5, 0.6) is 0 Å². The van der Waals surface area contributed by atoms with Crippen molar-refractivity contribution in [2.24, 2.45) is 5.73 Å². The van der Waals surface area contributed by atoms with Crippen LogP contribution in [0.3, 0.4) is 0 Å². The number of aromatic nitrogens is 1. The van der Waals surface area contributed by atoms with Crippen molar-refractivity contribution in [3.63, 3.8) is 0 Å². The lowest BCUT2D eigenvalue weighted by Crippen LogP contribution is -2.34. The van der Waals surface area contributed by atoms with Crippen LogP contribution in [0.1, 0.15) is 18.6 Å². The molecule has 1 saturated heterocycles. The van der Waals surface area contributed by atoms with Crippen LogP contribution in [0.2, 0.25) is 0 Å². The smallest absolute Gasteiger partial charge is 0.151 e. The van der Waals surface area contributed by atoms with E-state index < -0.39 is 0 Å². The number of benzene rings is 1. The Hall–Kier alpha value is -1.65. The summed E-state index contributed by atoms with van der Waals surface area (Å²) in [5.74, 6) is 0.916. The number of likely N-dealkylation sites (tertiary alicyclic amines) is 1. The second-order valence-corrected chi connectivity index (χ2v) is 5.05. The maximum Gasteiger partial charge on any atom is 0.151 e. The first kappa shape index (κ1) is 12.4. The third-order valence-electron chi connectivity index (χ3n) is 3.76. The standard InChI is InChI=1S/C15H19N3O/c16-10-13-7-4-8-18(13)11-14-9-15(17-19-14)12-5-2-1-3-6-12/h1-3,5-6,9,13H,4,7-8,10-11,16H2. The van der Waals surface area contributed by atoms with Crippen molar-refractivity contribution < 1.29 is 4.52 Å². The molecule has 4 heteroatoms. The van der Waals surface area contributed by atoms with Crippen LogP contribution in [0.25, 0.3) is 11.3 Å². The number of hydrogen-bond acceptors (Lipinski definition) is 4. The Morgan fingerprint density at radius 1 is 1.32 bits per heavy atom. The number of nitrogens with zero attached hydrogens (tertiary/aromatic N) is 2. The SMILES string of the molecule is NCC1CCCN1Cc1cc(-c2ccccc2)no1. The van der Waals surface area contributed by atoms with Crippen molar-refractivity contribution in [2.75, 3.05) is 13.1 Å². The van der Waals surface area contributed by atoms with Gasteiger partial charge in [0.2, 0.25) is 0 Å². The minimum Gasteiger partial charge on any atom is -0.359 e. The van der Waals surface area contributed by atoms with Crippen LogP contribution >= 0.6 is 0 Å². The second-order valence-electron chi connectivity index (χ2n) is 5.05. The van der Waals surface area contributed by atoms with Gasteiger partial charge in [-0.3, -0.25) is 4.90 Å². The average Bonchev–Trinajstić information content (AvgIpc) is 3.09. The Labute approximate surface area is 113 Å². The maximum absolute atomic E-state index is 5.79. The van der Waals surface area contributed by atoms with Gasteiger partial charge in [-0.1, -0.05) is 35.5 Å². The summed E-state index contributed by atoms with van der Waals surface area (Å²) >= 11 is 0. The van der Waals surface area contributed by atoms with Crippen LogP contribution in [-0.4, -0.2) is 29.2 Å². The predicted octanol–water partition coefficient (Wildman–Crippen LogP) is 2.26. The summed E-state index contributed by atoms with van der Waals surface area (Å²) in [7, 11) is 0. The Morgan fingerprint density at radius 3 is 2.95 bits per heavy atom. The van der Waals surface area contributed by atoms with E-state index in [2.05, 4.69) is 10.1 Å². The highest BCUT2D eigenvalue weighted by Crippen LogP contribution is 2.22. The van der Waals surface area contributed by atoms with Gasteiger partial charge in [-0.05, 0) is 19.4 Å². The van der Waals surface area contributed by atoms with Gasteiger partial charge in [-0.2, -0.15) is 0 Å². The van der Waals surface area contributed by atoms with Gasteiger partial charge < -0.3 is 10.3 Å². The van der Waals surface area contributed by atoms with Crippen molar-refractivity contribution in [1.82, 2.24) is 10.1 Å². The summed E-state index contributed by atoms with van der Waals surface area (Å²) in [5.41, 5.74) is 7.78. The molecule has 1 unspecified atom stereocenters. The molecule has 0 amide bonds. The van der Waals surface area contributed by atoms with Crippen LogP contribution < -0.4 is 5.73 Å². The quantitative estimate of drug-likeness (QED) is 0.913. The van der Waals surface area contributed by atoms with Crippen molar-refractivity contribution in [3.05, 3.63) is 42.2 Å². The monoisotopic (exact) mass is 257 g/mol. The summed E-state index contributed by atoms with van der Waals surface area (Å²) in [6.45, 7) is 2.63. The normalized spacial score (nSPS) is 19.9. The molecule has 1 aromatic heterocycles. The van der Waals surface area contributed by atoms with Gasteiger partial charge in [-0.15, -0.1) is 0 Å². The molecule has 2 heterocycles. The molecular weight excluding hydrogens is 238 g/mol. The van der Waals surface area contributed by atoms with E-state index >= 15 is 0 Å². The van der Waals surface area contributed by atoms with Crippen molar-refractivity contribution in [1.29, 1.82) is 0 Å². The highest BCUT2D eigenvalue weighted by molar-refractivity contribution is 5.58. The van der Waals surface area contributed by atoms with Crippen molar-refractivity contribution >= 4 is 0 Å². The van der Waals surface area contributed by atoms with E-state index in [1.807, 2.05) is 36.4 Å². The predicted molar refractivity (Wildman–Crippen MR) is 74.4 cm³/mol. The first-order chi connectivity index (χ1) is 9.36. The number of rotatable bonds is 4. The van der Waals surface area contributed by atoms with Crippen molar-refractivity contribution in [2.45, 2.75) is 25.4 Å². The zero-order valence-corrected chi connectivity index (χ0v) is 11.0. The van der Waals surface area contributed by atoms with Gasteiger partial charge in [0.05, 0.1) is 6.54 Å². The molecule has 4 nitrogen and oxygen atoms in total. The Balaban J connectivity index is 1.72. The topological polar surface area (TPSA) is 55.3 Å².